The fourth-order valence-electron chi connectivity index (χ4n) is 4.73. The van der Waals surface area contributed by atoms with Crippen LogP contribution in [0.2, 0.25) is 0 Å². The van der Waals surface area contributed by atoms with E-state index in [-0.39, 0.29) is 10.8 Å². The van der Waals surface area contributed by atoms with Crippen molar-refractivity contribution >= 4 is 50.0 Å². The summed E-state index contributed by atoms with van der Waals surface area (Å²) in [7, 11) is -2.55. The van der Waals surface area contributed by atoms with E-state index in [2.05, 4.69) is 20.6 Å². The number of carbonyl (C=O) groups excluding carboxylic acids is 2. The lowest BCUT2D eigenvalue weighted by molar-refractivity contribution is 0.0600. The van der Waals surface area contributed by atoms with Crippen LogP contribution in [-0.4, -0.2) is 41.3 Å². The molecule has 2 aromatic heterocycles. The SMILES string of the molecule is COC(=O)c1ccc(C(=O)Nc2cccc(Nc3cc(-c4cn(S(=O)(=O)c5ccccc5)c5ccccc45)ncn3)c2)cc1. The summed E-state index contributed by atoms with van der Waals surface area (Å²) in [5.74, 6) is -0.351. The van der Waals surface area contributed by atoms with E-state index in [1.807, 2.05) is 18.2 Å². The van der Waals surface area contributed by atoms with E-state index in [4.69, 9.17) is 4.74 Å². The lowest BCUT2D eigenvalue weighted by atomic mass is 10.1. The Bertz CT molecular complexity index is 2110. The molecule has 0 aliphatic heterocycles. The molecule has 0 unspecified atom stereocenters. The number of esters is 1. The molecule has 2 N–H and O–H groups in total. The summed E-state index contributed by atoms with van der Waals surface area (Å²) < 4.78 is 33.0. The van der Waals surface area contributed by atoms with Crippen LogP contribution >= 0.6 is 0 Å². The highest BCUT2D eigenvalue weighted by molar-refractivity contribution is 7.90. The van der Waals surface area contributed by atoms with Crippen LogP contribution in [0.1, 0.15) is 20.7 Å². The Kier molecular flexibility index (Phi) is 7.61. The molecule has 0 radical (unpaired) electrons. The van der Waals surface area contributed by atoms with Gasteiger partial charge in [0.15, 0.2) is 0 Å². The van der Waals surface area contributed by atoms with Gasteiger partial charge >= 0.3 is 5.97 Å². The minimum absolute atomic E-state index is 0.183. The number of nitrogens with zero attached hydrogens (tertiary/aromatic N) is 3. The molecule has 0 aliphatic carbocycles. The summed E-state index contributed by atoms with van der Waals surface area (Å²) in [5.41, 5.74) is 3.61. The number of rotatable bonds is 8. The van der Waals surface area contributed by atoms with Crippen LogP contribution in [0.3, 0.4) is 0 Å². The average Bonchev–Trinajstić information content (AvgIpc) is 3.46. The Labute approximate surface area is 253 Å². The average molecular weight is 604 g/mol. The van der Waals surface area contributed by atoms with Gasteiger partial charge in [-0.2, -0.15) is 0 Å². The molecule has 0 saturated heterocycles. The van der Waals surface area contributed by atoms with E-state index in [0.717, 1.165) is 5.39 Å². The van der Waals surface area contributed by atoms with Crippen LogP contribution in [0.4, 0.5) is 17.2 Å². The van der Waals surface area contributed by atoms with Crippen LogP contribution in [0.25, 0.3) is 22.2 Å². The number of nitrogens with one attached hydrogen (secondary N) is 2. The van der Waals surface area contributed by atoms with Crippen molar-refractivity contribution in [1.82, 2.24) is 13.9 Å². The largest absolute Gasteiger partial charge is 0.465 e. The Morgan fingerprint density at radius 3 is 2.25 bits per heavy atom. The molecule has 0 saturated carbocycles. The summed E-state index contributed by atoms with van der Waals surface area (Å²) in [4.78, 5) is 33.4. The number of anilines is 3. The molecule has 1 amide bonds. The van der Waals surface area contributed by atoms with E-state index >= 15 is 0 Å². The molecule has 0 atom stereocenters. The fraction of sp³-hybridized carbons (Fsp3) is 0.0303. The molecule has 10 nitrogen and oxygen atoms in total. The number of para-hydroxylation sites is 1. The molecule has 44 heavy (non-hydrogen) atoms. The molecule has 2 heterocycles. The summed E-state index contributed by atoms with van der Waals surface area (Å²) in [5, 5.41) is 6.80. The Hall–Kier alpha value is -5.81. The van der Waals surface area contributed by atoms with Crippen molar-refractivity contribution in [3.8, 4) is 11.3 Å². The van der Waals surface area contributed by atoms with Crippen molar-refractivity contribution in [2.45, 2.75) is 4.90 Å². The zero-order chi connectivity index (χ0) is 30.7. The molecule has 218 valence electrons. The number of ether oxygens (including phenoxy) is 1. The Morgan fingerprint density at radius 2 is 1.48 bits per heavy atom. The van der Waals surface area contributed by atoms with E-state index < -0.39 is 16.0 Å². The molecule has 4 aromatic carbocycles. The molecular formula is C33H25N5O5S. The minimum atomic E-state index is -3.85. The molecule has 0 aliphatic rings. The summed E-state index contributed by atoms with van der Waals surface area (Å²) >= 11 is 0. The zero-order valence-electron chi connectivity index (χ0n) is 23.3. The van der Waals surface area contributed by atoms with Crippen molar-refractivity contribution in [3.05, 3.63) is 133 Å². The van der Waals surface area contributed by atoms with Gasteiger partial charge in [-0.05, 0) is 60.7 Å². The number of aromatic nitrogens is 3. The predicted octanol–water partition coefficient (Wildman–Crippen LogP) is 6.12. The molecule has 0 fully saturated rings. The monoisotopic (exact) mass is 603 g/mol. The number of carbonyl (C=O) groups is 2. The quantitative estimate of drug-likeness (QED) is 0.199. The van der Waals surface area contributed by atoms with Gasteiger partial charge < -0.3 is 15.4 Å². The summed E-state index contributed by atoms with van der Waals surface area (Å²) in [6, 6.07) is 30.5. The second-order valence-corrected chi connectivity index (χ2v) is 11.5. The van der Waals surface area contributed by atoms with Gasteiger partial charge in [0, 0.05) is 40.2 Å². The van der Waals surface area contributed by atoms with Gasteiger partial charge in [-0.1, -0.05) is 42.5 Å². The molecular weight excluding hydrogens is 578 g/mol. The standard InChI is InChI=1S/C33H25N5O5S/c1-43-33(40)23-16-14-22(15-17-23)32(39)37-25-9-7-8-24(18-25)36-31-19-29(34-21-35-31)28-20-38(30-13-6-5-12-27(28)30)44(41,42)26-10-3-2-4-11-26/h2-21H,1H3,(H,37,39)(H,34,35,36). The third-order valence-electron chi connectivity index (χ3n) is 6.88. The second-order valence-electron chi connectivity index (χ2n) is 9.69. The minimum Gasteiger partial charge on any atom is -0.465 e. The maximum atomic E-state index is 13.5. The highest BCUT2D eigenvalue weighted by Crippen LogP contribution is 2.33. The number of benzene rings is 4. The van der Waals surface area contributed by atoms with Crippen LogP contribution in [0.5, 0.6) is 0 Å². The normalized spacial score (nSPS) is 11.2. The number of hydrogen-bond acceptors (Lipinski definition) is 8. The maximum Gasteiger partial charge on any atom is 0.337 e. The van der Waals surface area contributed by atoms with Crippen molar-refractivity contribution < 1.29 is 22.7 Å². The van der Waals surface area contributed by atoms with Gasteiger partial charge in [0.25, 0.3) is 15.9 Å². The summed E-state index contributed by atoms with van der Waals surface area (Å²) in [6.07, 6.45) is 2.98. The highest BCUT2D eigenvalue weighted by atomic mass is 32.2. The Balaban J connectivity index is 1.25. The zero-order valence-corrected chi connectivity index (χ0v) is 24.2. The topological polar surface area (TPSA) is 132 Å². The predicted molar refractivity (Wildman–Crippen MR) is 167 cm³/mol. The van der Waals surface area contributed by atoms with E-state index in [1.54, 1.807) is 85.1 Å². The number of hydrogen-bond donors (Lipinski definition) is 2. The van der Waals surface area contributed by atoms with E-state index in [1.165, 1.54) is 29.5 Å². The lowest BCUT2D eigenvalue weighted by Crippen LogP contribution is -2.12. The lowest BCUT2D eigenvalue weighted by Gasteiger charge is -2.10. The van der Waals surface area contributed by atoms with Crippen LogP contribution in [0.15, 0.2) is 127 Å². The molecule has 6 aromatic rings. The van der Waals surface area contributed by atoms with Crippen molar-refractivity contribution in [2.75, 3.05) is 17.7 Å². The maximum absolute atomic E-state index is 13.5. The van der Waals surface area contributed by atoms with Gasteiger partial charge in [0.05, 0.1) is 28.8 Å². The molecule has 0 bridgehead atoms. The van der Waals surface area contributed by atoms with Gasteiger partial charge in [0.2, 0.25) is 0 Å². The van der Waals surface area contributed by atoms with Crippen LogP contribution in [-0.2, 0) is 14.8 Å². The molecule has 6 rings (SSSR count). The highest BCUT2D eigenvalue weighted by Gasteiger charge is 2.22. The first kappa shape index (κ1) is 28.3. The van der Waals surface area contributed by atoms with Gasteiger partial charge in [0.1, 0.15) is 12.1 Å². The molecule has 11 heteroatoms. The fourth-order valence-corrected chi connectivity index (χ4v) is 6.12. The third-order valence-corrected chi connectivity index (χ3v) is 8.57. The number of fused-ring (bicyclic) bond motifs is 1. The van der Waals surface area contributed by atoms with Gasteiger partial charge in [-0.3, -0.25) is 4.79 Å². The van der Waals surface area contributed by atoms with E-state index in [9.17, 15) is 18.0 Å². The van der Waals surface area contributed by atoms with Crippen molar-refractivity contribution in [2.24, 2.45) is 0 Å². The van der Waals surface area contributed by atoms with E-state index in [0.29, 0.717) is 45.1 Å². The third kappa shape index (κ3) is 5.63. The summed E-state index contributed by atoms with van der Waals surface area (Å²) in [6.45, 7) is 0. The van der Waals surface area contributed by atoms with Gasteiger partial charge in [-0.15, -0.1) is 0 Å². The first-order valence-corrected chi connectivity index (χ1v) is 14.9. The van der Waals surface area contributed by atoms with Crippen LogP contribution in [0, 0.1) is 0 Å². The van der Waals surface area contributed by atoms with Crippen LogP contribution < -0.4 is 10.6 Å². The first-order chi connectivity index (χ1) is 21.3. The van der Waals surface area contributed by atoms with Crippen molar-refractivity contribution in [1.29, 1.82) is 0 Å². The van der Waals surface area contributed by atoms with Gasteiger partial charge in [-0.25, -0.2) is 27.2 Å². The second kappa shape index (κ2) is 11.8. The smallest absolute Gasteiger partial charge is 0.337 e. The Morgan fingerprint density at radius 1 is 0.773 bits per heavy atom. The number of methoxy groups -OCH3 is 1. The molecule has 0 spiro atoms. The number of amides is 1. The van der Waals surface area contributed by atoms with Crippen molar-refractivity contribution in [3.63, 3.8) is 0 Å². The first-order valence-electron chi connectivity index (χ1n) is 13.4.